The third-order valence-electron chi connectivity index (χ3n) is 2.92. The third-order valence-corrected chi connectivity index (χ3v) is 4.96. The Morgan fingerprint density at radius 2 is 1.59 bits per heavy atom. The molecule has 102 valence electrons. The van der Waals surface area contributed by atoms with Gasteiger partial charge < -0.3 is 10.1 Å². The van der Waals surface area contributed by atoms with Crippen LogP contribution in [-0.2, 0) is 14.9 Å². The molecule has 17 heavy (non-hydrogen) atoms. The average Bonchev–Trinajstić information content (AvgIpc) is 2.59. The molecule has 2 rings (SSSR count). The van der Waals surface area contributed by atoms with Gasteiger partial charge >= 0.3 is 0 Å². The molecule has 2 aliphatic rings. The van der Waals surface area contributed by atoms with E-state index in [1.165, 1.54) is 4.31 Å². The Balaban J connectivity index is 0.00000144. The van der Waals surface area contributed by atoms with Crippen molar-refractivity contribution < 1.29 is 13.2 Å². The van der Waals surface area contributed by atoms with Crippen molar-refractivity contribution in [2.24, 2.45) is 0 Å². The molecule has 0 atom stereocenters. The van der Waals surface area contributed by atoms with Crippen LogP contribution < -0.4 is 5.32 Å². The Hall–Kier alpha value is 0.0800. The molecule has 0 radical (unpaired) electrons. The highest BCUT2D eigenvalue weighted by Gasteiger charge is 2.30. The SMILES string of the molecule is Cl.O=S(=O)(N1CCCNCC1)N1CCOCC1. The summed E-state index contributed by atoms with van der Waals surface area (Å²) in [6.45, 7) is 4.79. The molecule has 0 unspecified atom stereocenters. The monoisotopic (exact) mass is 285 g/mol. The van der Waals surface area contributed by atoms with Crippen molar-refractivity contribution in [3.63, 3.8) is 0 Å². The Labute approximate surface area is 109 Å². The topological polar surface area (TPSA) is 61.9 Å². The van der Waals surface area contributed by atoms with Crippen LogP contribution in [0.25, 0.3) is 0 Å². The highest BCUT2D eigenvalue weighted by Crippen LogP contribution is 2.12. The molecular weight excluding hydrogens is 266 g/mol. The molecule has 1 N–H and O–H groups in total. The van der Waals surface area contributed by atoms with Crippen LogP contribution in [0.3, 0.4) is 0 Å². The predicted molar refractivity (Wildman–Crippen MR) is 67.6 cm³/mol. The highest BCUT2D eigenvalue weighted by molar-refractivity contribution is 7.86. The lowest BCUT2D eigenvalue weighted by Gasteiger charge is -2.31. The lowest BCUT2D eigenvalue weighted by atomic mass is 10.4. The highest BCUT2D eigenvalue weighted by atomic mass is 35.5. The molecule has 0 amide bonds. The molecular formula is C9H20ClN3O3S. The van der Waals surface area contributed by atoms with Crippen LogP contribution >= 0.6 is 12.4 Å². The van der Waals surface area contributed by atoms with Crippen molar-refractivity contribution in [2.75, 3.05) is 52.5 Å². The maximum Gasteiger partial charge on any atom is 0.282 e. The van der Waals surface area contributed by atoms with Gasteiger partial charge in [-0.1, -0.05) is 0 Å². The predicted octanol–water partition coefficient (Wildman–Crippen LogP) is -0.719. The van der Waals surface area contributed by atoms with Gasteiger partial charge in [-0.15, -0.1) is 12.4 Å². The van der Waals surface area contributed by atoms with E-state index in [4.69, 9.17) is 4.74 Å². The van der Waals surface area contributed by atoms with Crippen molar-refractivity contribution in [1.82, 2.24) is 13.9 Å². The smallest absolute Gasteiger partial charge is 0.282 e. The van der Waals surface area contributed by atoms with E-state index in [0.29, 0.717) is 39.4 Å². The summed E-state index contributed by atoms with van der Waals surface area (Å²) in [6, 6.07) is 0. The van der Waals surface area contributed by atoms with Gasteiger partial charge in [0.25, 0.3) is 10.2 Å². The molecule has 8 heteroatoms. The Kier molecular flexibility index (Phi) is 6.11. The fourth-order valence-electron chi connectivity index (χ4n) is 1.99. The maximum absolute atomic E-state index is 12.3. The molecule has 0 aliphatic carbocycles. The normalized spacial score (nSPS) is 24.9. The summed E-state index contributed by atoms with van der Waals surface area (Å²) in [5.74, 6) is 0. The third kappa shape index (κ3) is 3.77. The van der Waals surface area contributed by atoms with E-state index in [9.17, 15) is 8.42 Å². The van der Waals surface area contributed by atoms with Crippen LogP contribution in [0.5, 0.6) is 0 Å². The second-order valence-corrected chi connectivity index (χ2v) is 5.95. The lowest BCUT2D eigenvalue weighted by molar-refractivity contribution is 0.0703. The molecule has 0 saturated carbocycles. The van der Waals surface area contributed by atoms with E-state index in [1.807, 2.05) is 0 Å². The Morgan fingerprint density at radius 3 is 2.29 bits per heavy atom. The van der Waals surface area contributed by atoms with Gasteiger partial charge in [0.05, 0.1) is 13.2 Å². The average molecular weight is 286 g/mol. The van der Waals surface area contributed by atoms with E-state index in [0.717, 1.165) is 19.5 Å². The molecule has 0 spiro atoms. The summed E-state index contributed by atoms with van der Waals surface area (Å²) in [6.07, 6.45) is 0.879. The van der Waals surface area contributed by atoms with E-state index in [-0.39, 0.29) is 12.4 Å². The van der Waals surface area contributed by atoms with Gasteiger partial charge in [-0.3, -0.25) is 0 Å². The fraction of sp³-hybridized carbons (Fsp3) is 1.00. The number of rotatable bonds is 2. The van der Waals surface area contributed by atoms with E-state index < -0.39 is 10.2 Å². The largest absolute Gasteiger partial charge is 0.379 e. The zero-order chi connectivity index (χ0) is 11.4. The minimum atomic E-state index is -3.26. The van der Waals surface area contributed by atoms with E-state index in [1.54, 1.807) is 4.31 Å². The Bertz CT molecular complexity index is 311. The standard InChI is InChI=1S/C9H19N3O3S.ClH/c13-16(14,12-6-8-15-9-7-12)11-4-1-2-10-3-5-11;/h10H,1-9H2;1H. The number of nitrogens with one attached hydrogen (secondary N) is 1. The minimum Gasteiger partial charge on any atom is -0.379 e. The van der Waals surface area contributed by atoms with Crippen LogP contribution in [0.4, 0.5) is 0 Å². The summed E-state index contributed by atoms with van der Waals surface area (Å²) >= 11 is 0. The molecule has 0 aromatic heterocycles. The minimum absolute atomic E-state index is 0. The van der Waals surface area contributed by atoms with Crippen LogP contribution in [0.2, 0.25) is 0 Å². The quantitative estimate of drug-likeness (QED) is 0.727. The van der Waals surface area contributed by atoms with Gasteiger partial charge in [-0.25, -0.2) is 0 Å². The number of morpholine rings is 1. The first kappa shape index (κ1) is 15.1. The summed E-state index contributed by atoms with van der Waals surface area (Å²) in [4.78, 5) is 0. The lowest BCUT2D eigenvalue weighted by Crippen LogP contribution is -2.49. The number of hydrogen-bond acceptors (Lipinski definition) is 4. The molecule has 0 bridgehead atoms. The number of halogens is 1. The second kappa shape index (κ2) is 6.86. The molecule has 2 aliphatic heterocycles. The molecule has 0 aromatic rings. The molecule has 2 saturated heterocycles. The van der Waals surface area contributed by atoms with Crippen molar-refractivity contribution in [3.05, 3.63) is 0 Å². The zero-order valence-corrected chi connectivity index (χ0v) is 11.4. The fourth-order valence-corrected chi connectivity index (χ4v) is 3.61. The van der Waals surface area contributed by atoms with E-state index in [2.05, 4.69) is 5.32 Å². The summed E-state index contributed by atoms with van der Waals surface area (Å²) < 4.78 is 32.8. The molecule has 2 fully saturated rings. The maximum atomic E-state index is 12.3. The van der Waals surface area contributed by atoms with Crippen LogP contribution in [0.15, 0.2) is 0 Å². The van der Waals surface area contributed by atoms with Gasteiger partial charge in [0.15, 0.2) is 0 Å². The van der Waals surface area contributed by atoms with Crippen LogP contribution in [0, 0.1) is 0 Å². The van der Waals surface area contributed by atoms with Gasteiger partial charge in [0.1, 0.15) is 0 Å². The second-order valence-electron chi connectivity index (χ2n) is 4.02. The first-order valence-corrected chi connectivity index (χ1v) is 7.14. The van der Waals surface area contributed by atoms with Gasteiger partial charge in [-0.05, 0) is 13.0 Å². The Morgan fingerprint density at radius 1 is 0.941 bits per heavy atom. The number of ether oxygens (including phenoxy) is 1. The molecule has 6 nitrogen and oxygen atoms in total. The molecule has 0 aromatic carbocycles. The summed E-state index contributed by atoms with van der Waals surface area (Å²) in [7, 11) is -3.26. The first-order chi connectivity index (χ1) is 7.71. The van der Waals surface area contributed by atoms with Gasteiger partial charge in [-0.2, -0.15) is 17.0 Å². The molecule has 2 heterocycles. The van der Waals surface area contributed by atoms with Crippen LogP contribution in [-0.4, -0.2) is 69.5 Å². The number of nitrogens with zero attached hydrogens (tertiary/aromatic N) is 2. The number of hydrogen-bond donors (Lipinski definition) is 1. The summed E-state index contributed by atoms with van der Waals surface area (Å²) in [5, 5.41) is 3.20. The van der Waals surface area contributed by atoms with Crippen molar-refractivity contribution in [1.29, 1.82) is 0 Å². The van der Waals surface area contributed by atoms with E-state index >= 15 is 0 Å². The van der Waals surface area contributed by atoms with Gasteiger partial charge in [0.2, 0.25) is 0 Å². The zero-order valence-electron chi connectivity index (χ0n) is 9.80. The van der Waals surface area contributed by atoms with Crippen LogP contribution in [0.1, 0.15) is 6.42 Å². The van der Waals surface area contributed by atoms with Gasteiger partial charge in [0, 0.05) is 32.7 Å². The van der Waals surface area contributed by atoms with Crippen molar-refractivity contribution in [2.45, 2.75) is 6.42 Å². The van der Waals surface area contributed by atoms with Crippen molar-refractivity contribution in [3.8, 4) is 0 Å². The first-order valence-electron chi connectivity index (χ1n) is 5.75. The summed E-state index contributed by atoms with van der Waals surface area (Å²) in [5.41, 5.74) is 0. The van der Waals surface area contributed by atoms with Crippen molar-refractivity contribution >= 4 is 22.6 Å².